The van der Waals surface area contributed by atoms with Crippen molar-refractivity contribution in [2.75, 3.05) is 13.1 Å². The quantitative estimate of drug-likeness (QED) is 0.768. The highest BCUT2D eigenvalue weighted by molar-refractivity contribution is 5.26. The Labute approximate surface area is 92.1 Å². The van der Waals surface area contributed by atoms with Crippen molar-refractivity contribution in [2.24, 2.45) is 0 Å². The molecule has 2 rings (SSSR count). The summed E-state index contributed by atoms with van der Waals surface area (Å²) in [6.07, 6.45) is 1.12. The molecule has 1 aromatic carbocycles. The summed E-state index contributed by atoms with van der Waals surface area (Å²) < 4.78 is 0. The first-order valence-corrected chi connectivity index (χ1v) is 5.81. The molecule has 2 atom stereocenters. The van der Waals surface area contributed by atoms with Crippen molar-refractivity contribution in [1.29, 1.82) is 0 Å². The molecule has 0 bridgehead atoms. The average molecular weight is 204 g/mol. The van der Waals surface area contributed by atoms with Gasteiger partial charge in [-0.05, 0) is 18.9 Å². The zero-order valence-electron chi connectivity index (χ0n) is 9.59. The van der Waals surface area contributed by atoms with Gasteiger partial charge in [-0.2, -0.15) is 0 Å². The molecule has 0 amide bonds. The maximum absolute atomic E-state index is 3.73. The molecule has 0 saturated carbocycles. The van der Waals surface area contributed by atoms with Gasteiger partial charge < -0.3 is 10.6 Å². The van der Waals surface area contributed by atoms with Crippen LogP contribution in [0.4, 0.5) is 0 Å². The van der Waals surface area contributed by atoms with Crippen LogP contribution < -0.4 is 10.6 Å². The van der Waals surface area contributed by atoms with Gasteiger partial charge in [0.2, 0.25) is 0 Å². The average Bonchev–Trinajstić information content (AvgIpc) is 2.30. The molecule has 1 saturated heterocycles. The molecular weight excluding hydrogens is 184 g/mol. The minimum atomic E-state index is 0.124. The first kappa shape index (κ1) is 10.7. The maximum atomic E-state index is 3.73. The van der Waals surface area contributed by atoms with Crippen molar-refractivity contribution in [2.45, 2.75) is 31.8 Å². The summed E-state index contributed by atoms with van der Waals surface area (Å²) >= 11 is 0. The fourth-order valence-corrected chi connectivity index (χ4v) is 2.45. The Morgan fingerprint density at radius 1 is 1.33 bits per heavy atom. The Morgan fingerprint density at radius 2 is 2.07 bits per heavy atom. The molecule has 0 spiro atoms. The van der Waals surface area contributed by atoms with E-state index in [-0.39, 0.29) is 5.54 Å². The highest BCUT2D eigenvalue weighted by Crippen LogP contribution is 2.26. The monoisotopic (exact) mass is 204 g/mol. The van der Waals surface area contributed by atoms with Crippen molar-refractivity contribution >= 4 is 0 Å². The highest BCUT2D eigenvalue weighted by atomic mass is 15.1. The molecule has 0 radical (unpaired) electrons. The fraction of sp³-hybridized carbons (Fsp3) is 0.538. The summed E-state index contributed by atoms with van der Waals surface area (Å²) in [6, 6.07) is 11.3. The van der Waals surface area contributed by atoms with Crippen LogP contribution in [-0.2, 0) is 5.54 Å². The van der Waals surface area contributed by atoms with Crippen molar-refractivity contribution in [3.63, 3.8) is 0 Å². The van der Waals surface area contributed by atoms with Gasteiger partial charge in [0.25, 0.3) is 0 Å². The lowest BCUT2D eigenvalue weighted by Crippen LogP contribution is -2.60. The van der Waals surface area contributed by atoms with Gasteiger partial charge in [0.15, 0.2) is 0 Å². The zero-order valence-corrected chi connectivity index (χ0v) is 9.59. The summed E-state index contributed by atoms with van der Waals surface area (Å²) in [7, 11) is 0. The molecule has 0 aromatic heterocycles. The molecule has 1 heterocycles. The molecule has 82 valence electrons. The van der Waals surface area contributed by atoms with E-state index in [1.165, 1.54) is 5.56 Å². The molecule has 2 heteroatoms. The highest BCUT2D eigenvalue weighted by Gasteiger charge is 2.33. The summed E-state index contributed by atoms with van der Waals surface area (Å²) in [4.78, 5) is 0. The predicted molar refractivity (Wildman–Crippen MR) is 63.9 cm³/mol. The third-order valence-electron chi connectivity index (χ3n) is 3.33. The second kappa shape index (κ2) is 4.33. The number of nitrogens with one attached hydrogen (secondary N) is 2. The second-order valence-electron chi connectivity index (χ2n) is 4.48. The smallest absolute Gasteiger partial charge is 0.0560 e. The third-order valence-corrected chi connectivity index (χ3v) is 3.33. The Morgan fingerprint density at radius 3 is 2.67 bits per heavy atom. The summed E-state index contributed by atoms with van der Waals surface area (Å²) in [6.45, 7) is 6.58. The van der Waals surface area contributed by atoms with Gasteiger partial charge in [-0.3, -0.25) is 0 Å². The number of hydrogen-bond donors (Lipinski definition) is 2. The number of rotatable bonds is 2. The Hall–Kier alpha value is -0.860. The Bertz CT molecular complexity index is 310. The van der Waals surface area contributed by atoms with Crippen LogP contribution in [0.5, 0.6) is 0 Å². The van der Waals surface area contributed by atoms with Crippen LogP contribution in [0.2, 0.25) is 0 Å². The summed E-state index contributed by atoms with van der Waals surface area (Å²) in [5, 5.41) is 7.25. The Kier molecular flexibility index (Phi) is 3.08. The zero-order chi connectivity index (χ0) is 10.7. The van der Waals surface area contributed by atoms with Gasteiger partial charge in [0, 0.05) is 19.1 Å². The molecule has 2 N–H and O–H groups in total. The van der Waals surface area contributed by atoms with Crippen molar-refractivity contribution < 1.29 is 0 Å². The SMILES string of the molecule is CCC1(c2ccccc2)CNCC(C)N1. The van der Waals surface area contributed by atoms with Gasteiger partial charge in [0.05, 0.1) is 5.54 Å². The Balaban J connectivity index is 2.28. The van der Waals surface area contributed by atoms with E-state index in [9.17, 15) is 0 Å². The van der Waals surface area contributed by atoms with E-state index in [0.29, 0.717) is 6.04 Å². The third kappa shape index (κ3) is 2.06. The molecule has 1 aromatic rings. The molecule has 1 aliphatic heterocycles. The number of benzene rings is 1. The molecule has 15 heavy (non-hydrogen) atoms. The van der Waals surface area contributed by atoms with E-state index in [1.54, 1.807) is 0 Å². The van der Waals surface area contributed by atoms with Crippen LogP contribution in [0.3, 0.4) is 0 Å². The fourth-order valence-electron chi connectivity index (χ4n) is 2.45. The van der Waals surface area contributed by atoms with E-state index in [4.69, 9.17) is 0 Å². The summed E-state index contributed by atoms with van der Waals surface area (Å²) in [5.41, 5.74) is 1.52. The van der Waals surface area contributed by atoms with E-state index in [1.807, 2.05) is 0 Å². The molecule has 0 aliphatic carbocycles. The molecule has 1 fully saturated rings. The van der Waals surface area contributed by atoms with Gasteiger partial charge in [-0.1, -0.05) is 37.3 Å². The summed E-state index contributed by atoms with van der Waals surface area (Å²) in [5.74, 6) is 0. The van der Waals surface area contributed by atoms with Gasteiger partial charge in [-0.15, -0.1) is 0 Å². The van der Waals surface area contributed by atoms with E-state index >= 15 is 0 Å². The molecule has 2 nitrogen and oxygen atoms in total. The van der Waals surface area contributed by atoms with Crippen molar-refractivity contribution in [1.82, 2.24) is 10.6 Å². The topological polar surface area (TPSA) is 24.1 Å². The van der Waals surface area contributed by atoms with Crippen LogP contribution in [0.25, 0.3) is 0 Å². The molecule has 1 aliphatic rings. The first-order valence-electron chi connectivity index (χ1n) is 5.81. The number of hydrogen-bond acceptors (Lipinski definition) is 2. The molecule has 2 unspecified atom stereocenters. The first-order chi connectivity index (χ1) is 7.27. The van der Waals surface area contributed by atoms with Gasteiger partial charge in [0.1, 0.15) is 0 Å². The van der Waals surface area contributed by atoms with Crippen LogP contribution in [0.1, 0.15) is 25.8 Å². The van der Waals surface area contributed by atoms with Crippen LogP contribution in [0.15, 0.2) is 30.3 Å². The van der Waals surface area contributed by atoms with E-state index in [0.717, 1.165) is 19.5 Å². The normalized spacial score (nSPS) is 31.5. The maximum Gasteiger partial charge on any atom is 0.0560 e. The van der Waals surface area contributed by atoms with Crippen LogP contribution in [0, 0.1) is 0 Å². The van der Waals surface area contributed by atoms with Crippen molar-refractivity contribution in [3.8, 4) is 0 Å². The van der Waals surface area contributed by atoms with Crippen LogP contribution >= 0.6 is 0 Å². The predicted octanol–water partition coefficient (Wildman–Crippen LogP) is 1.87. The lowest BCUT2D eigenvalue weighted by Gasteiger charge is -2.42. The lowest BCUT2D eigenvalue weighted by molar-refractivity contribution is 0.226. The van der Waals surface area contributed by atoms with Gasteiger partial charge >= 0.3 is 0 Å². The molecular formula is C13H20N2. The van der Waals surface area contributed by atoms with Gasteiger partial charge in [-0.25, -0.2) is 0 Å². The van der Waals surface area contributed by atoms with Crippen LogP contribution in [-0.4, -0.2) is 19.1 Å². The van der Waals surface area contributed by atoms with Crippen molar-refractivity contribution in [3.05, 3.63) is 35.9 Å². The second-order valence-corrected chi connectivity index (χ2v) is 4.48. The lowest BCUT2D eigenvalue weighted by atomic mass is 9.85. The minimum absolute atomic E-state index is 0.124. The van der Waals surface area contributed by atoms with E-state index in [2.05, 4.69) is 54.8 Å². The number of piperazine rings is 1. The van der Waals surface area contributed by atoms with E-state index < -0.39 is 0 Å². The minimum Gasteiger partial charge on any atom is -0.313 e. The standard InChI is InChI=1S/C13H20N2/c1-3-13(10-14-9-11(2)15-13)12-7-5-4-6-8-12/h4-8,11,14-15H,3,9-10H2,1-2H3. The largest absolute Gasteiger partial charge is 0.313 e.